The number of carbonyl (C=O) groups is 2. The average Bonchev–Trinajstić information content (AvgIpc) is 2.91. The first kappa shape index (κ1) is 14.6. The van der Waals surface area contributed by atoms with Gasteiger partial charge in [-0.2, -0.15) is 0 Å². The maximum absolute atomic E-state index is 12.3. The smallest absolute Gasteiger partial charge is 0.257 e. The minimum Gasteiger partial charge on any atom is -0.322 e. The van der Waals surface area contributed by atoms with E-state index >= 15 is 0 Å². The van der Waals surface area contributed by atoms with Crippen molar-refractivity contribution < 1.29 is 9.59 Å². The van der Waals surface area contributed by atoms with Gasteiger partial charge in [0.15, 0.2) is 0 Å². The molecule has 22 heavy (non-hydrogen) atoms. The number of halogens is 1. The second kappa shape index (κ2) is 5.81. The highest BCUT2D eigenvalue weighted by atomic mass is 35.5. The summed E-state index contributed by atoms with van der Waals surface area (Å²) in [7, 11) is 0. The molecule has 5 heteroatoms. The third kappa shape index (κ3) is 2.70. The topological polar surface area (TPSA) is 49.4 Å². The molecule has 1 heterocycles. The lowest BCUT2D eigenvalue weighted by Gasteiger charge is -2.16. The first-order valence-corrected chi connectivity index (χ1v) is 7.41. The van der Waals surface area contributed by atoms with Gasteiger partial charge >= 0.3 is 0 Å². The first-order chi connectivity index (χ1) is 10.6. The summed E-state index contributed by atoms with van der Waals surface area (Å²) in [4.78, 5) is 25.6. The van der Waals surface area contributed by atoms with Crippen LogP contribution in [0.2, 0.25) is 5.02 Å². The summed E-state index contributed by atoms with van der Waals surface area (Å²) in [5, 5.41) is 3.24. The van der Waals surface area contributed by atoms with Gasteiger partial charge in [0.2, 0.25) is 5.91 Å². The van der Waals surface area contributed by atoms with Gasteiger partial charge in [0.05, 0.1) is 10.6 Å². The standard InChI is InChI=1S/C17H15ClN2O2/c1-11(21)20-9-8-12-6-7-13(10-16(12)20)19-17(22)14-4-2-3-5-15(14)18/h2-7,10H,8-9H2,1H3,(H,19,22). The second-order valence-corrected chi connectivity index (χ2v) is 5.61. The van der Waals surface area contributed by atoms with Gasteiger partial charge in [0.1, 0.15) is 0 Å². The largest absolute Gasteiger partial charge is 0.322 e. The van der Waals surface area contributed by atoms with Crippen molar-refractivity contribution in [2.45, 2.75) is 13.3 Å². The number of rotatable bonds is 2. The number of nitrogens with zero attached hydrogens (tertiary/aromatic N) is 1. The molecular weight excluding hydrogens is 300 g/mol. The fourth-order valence-corrected chi connectivity index (χ4v) is 2.85. The number of amides is 2. The van der Waals surface area contributed by atoms with Crippen LogP contribution in [0.15, 0.2) is 42.5 Å². The number of nitrogens with one attached hydrogen (secondary N) is 1. The maximum atomic E-state index is 12.3. The van der Waals surface area contributed by atoms with Crippen molar-refractivity contribution in [3.8, 4) is 0 Å². The van der Waals surface area contributed by atoms with E-state index in [2.05, 4.69) is 5.32 Å². The quantitative estimate of drug-likeness (QED) is 0.922. The molecule has 1 N–H and O–H groups in total. The van der Waals surface area contributed by atoms with E-state index in [9.17, 15) is 9.59 Å². The Balaban J connectivity index is 1.85. The van der Waals surface area contributed by atoms with Crippen molar-refractivity contribution in [1.82, 2.24) is 0 Å². The van der Waals surface area contributed by atoms with Crippen LogP contribution in [0.5, 0.6) is 0 Å². The zero-order valence-electron chi connectivity index (χ0n) is 12.1. The van der Waals surface area contributed by atoms with E-state index in [1.165, 1.54) is 0 Å². The molecule has 0 bridgehead atoms. The molecule has 1 aliphatic heterocycles. The van der Waals surface area contributed by atoms with Crippen LogP contribution < -0.4 is 10.2 Å². The SMILES string of the molecule is CC(=O)N1CCc2ccc(NC(=O)c3ccccc3Cl)cc21. The fourth-order valence-electron chi connectivity index (χ4n) is 2.63. The van der Waals surface area contributed by atoms with Crippen LogP contribution in [0.25, 0.3) is 0 Å². The average molecular weight is 315 g/mol. The monoisotopic (exact) mass is 314 g/mol. The van der Waals surface area contributed by atoms with Crippen LogP contribution in [-0.2, 0) is 11.2 Å². The highest BCUT2D eigenvalue weighted by Crippen LogP contribution is 2.31. The van der Waals surface area contributed by atoms with Crippen molar-refractivity contribution in [3.63, 3.8) is 0 Å². The van der Waals surface area contributed by atoms with Gasteiger partial charge in [-0.15, -0.1) is 0 Å². The number of benzene rings is 2. The Kier molecular flexibility index (Phi) is 3.86. The highest BCUT2D eigenvalue weighted by molar-refractivity contribution is 6.34. The third-order valence-electron chi connectivity index (χ3n) is 3.74. The summed E-state index contributed by atoms with van der Waals surface area (Å²) in [6.45, 7) is 2.23. The Morgan fingerprint density at radius 1 is 1.18 bits per heavy atom. The van der Waals surface area contributed by atoms with Crippen LogP contribution in [0.1, 0.15) is 22.8 Å². The minimum atomic E-state index is -0.266. The van der Waals surface area contributed by atoms with Crippen LogP contribution in [-0.4, -0.2) is 18.4 Å². The predicted molar refractivity (Wildman–Crippen MR) is 87.6 cm³/mol. The summed E-state index contributed by atoms with van der Waals surface area (Å²) in [5.41, 5.74) is 3.06. The van der Waals surface area contributed by atoms with E-state index in [1.54, 1.807) is 36.1 Å². The van der Waals surface area contributed by atoms with Gasteiger partial charge in [0, 0.05) is 24.8 Å². The number of anilines is 2. The van der Waals surface area contributed by atoms with Crippen molar-refractivity contribution in [2.24, 2.45) is 0 Å². The summed E-state index contributed by atoms with van der Waals surface area (Å²) in [5.74, 6) is -0.258. The number of hydrogen-bond acceptors (Lipinski definition) is 2. The van der Waals surface area contributed by atoms with Crippen molar-refractivity contribution >= 4 is 34.8 Å². The third-order valence-corrected chi connectivity index (χ3v) is 4.07. The molecular formula is C17H15ClN2O2. The molecule has 1 aliphatic rings. The van der Waals surface area contributed by atoms with Crippen molar-refractivity contribution in [1.29, 1.82) is 0 Å². The molecule has 0 aliphatic carbocycles. The number of carbonyl (C=O) groups excluding carboxylic acids is 2. The van der Waals surface area contributed by atoms with Gasteiger partial charge in [0.25, 0.3) is 5.91 Å². The molecule has 2 aromatic carbocycles. The molecule has 0 unspecified atom stereocenters. The van der Waals surface area contributed by atoms with Crippen LogP contribution in [0.4, 0.5) is 11.4 Å². The first-order valence-electron chi connectivity index (χ1n) is 7.03. The summed E-state index contributed by atoms with van der Waals surface area (Å²) in [6, 6.07) is 12.5. The van der Waals surface area contributed by atoms with E-state index in [0.717, 1.165) is 17.7 Å². The Morgan fingerprint density at radius 2 is 1.95 bits per heavy atom. The Labute approximate surface area is 133 Å². The Hall–Kier alpha value is -2.33. The van der Waals surface area contributed by atoms with Gasteiger partial charge in [-0.25, -0.2) is 0 Å². The zero-order valence-corrected chi connectivity index (χ0v) is 12.9. The van der Waals surface area contributed by atoms with Crippen molar-refractivity contribution in [3.05, 3.63) is 58.6 Å². The van der Waals surface area contributed by atoms with Crippen LogP contribution >= 0.6 is 11.6 Å². The second-order valence-electron chi connectivity index (χ2n) is 5.20. The lowest BCUT2D eigenvalue weighted by atomic mass is 10.1. The molecule has 2 aromatic rings. The lowest BCUT2D eigenvalue weighted by Crippen LogP contribution is -2.25. The molecule has 4 nitrogen and oxygen atoms in total. The normalized spacial score (nSPS) is 12.9. The molecule has 2 amide bonds. The molecule has 0 spiro atoms. The summed E-state index contributed by atoms with van der Waals surface area (Å²) in [6.07, 6.45) is 0.841. The lowest BCUT2D eigenvalue weighted by molar-refractivity contribution is -0.116. The van der Waals surface area contributed by atoms with Gasteiger partial charge < -0.3 is 10.2 Å². The molecule has 112 valence electrons. The molecule has 3 rings (SSSR count). The Bertz CT molecular complexity index is 758. The molecule has 0 fully saturated rings. The Morgan fingerprint density at radius 3 is 2.68 bits per heavy atom. The summed E-state index contributed by atoms with van der Waals surface area (Å²) >= 11 is 6.03. The van der Waals surface area contributed by atoms with Gasteiger partial charge in [-0.05, 0) is 36.2 Å². The van der Waals surface area contributed by atoms with E-state index in [-0.39, 0.29) is 11.8 Å². The maximum Gasteiger partial charge on any atom is 0.257 e. The summed E-state index contributed by atoms with van der Waals surface area (Å²) < 4.78 is 0. The molecule has 0 saturated carbocycles. The highest BCUT2D eigenvalue weighted by Gasteiger charge is 2.22. The van der Waals surface area contributed by atoms with Gasteiger partial charge in [-0.1, -0.05) is 29.8 Å². The van der Waals surface area contributed by atoms with E-state index in [4.69, 9.17) is 11.6 Å². The number of fused-ring (bicyclic) bond motifs is 1. The molecule has 0 saturated heterocycles. The van der Waals surface area contributed by atoms with E-state index < -0.39 is 0 Å². The molecule has 0 radical (unpaired) electrons. The van der Waals surface area contributed by atoms with E-state index in [1.807, 2.05) is 18.2 Å². The predicted octanol–water partition coefficient (Wildman–Crippen LogP) is 3.50. The van der Waals surface area contributed by atoms with Crippen LogP contribution in [0.3, 0.4) is 0 Å². The fraction of sp³-hybridized carbons (Fsp3) is 0.176. The zero-order chi connectivity index (χ0) is 15.7. The van der Waals surface area contributed by atoms with Crippen molar-refractivity contribution in [2.75, 3.05) is 16.8 Å². The molecule has 0 aromatic heterocycles. The molecule has 0 atom stereocenters. The van der Waals surface area contributed by atoms with Crippen LogP contribution in [0, 0.1) is 0 Å². The minimum absolute atomic E-state index is 0.00771. The van der Waals surface area contributed by atoms with Gasteiger partial charge in [-0.3, -0.25) is 9.59 Å². The van der Waals surface area contributed by atoms with E-state index in [0.29, 0.717) is 22.8 Å². The number of hydrogen-bond donors (Lipinski definition) is 1.